The zero-order valence-electron chi connectivity index (χ0n) is 11.5. The van der Waals surface area contributed by atoms with Crippen LogP contribution in [0.5, 0.6) is 0 Å². The minimum Gasteiger partial charge on any atom is -0.316 e. The molecule has 0 heterocycles. The third-order valence-electron chi connectivity index (χ3n) is 6.03. The maximum absolute atomic E-state index is 3.69. The van der Waals surface area contributed by atoms with Gasteiger partial charge in [-0.15, -0.1) is 0 Å². The zero-order chi connectivity index (χ0) is 13.0. The number of benzene rings is 1. The third kappa shape index (κ3) is 1.91. The van der Waals surface area contributed by atoms with Gasteiger partial charge in [-0.3, -0.25) is 0 Å². The number of halogens is 1. The molecule has 19 heavy (non-hydrogen) atoms. The van der Waals surface area contributed by atoms with Gasteiger partial charge in [-0.05, 0) is 74.0 Å². The molecule has 5 atom stereocenters. The number of fused-ring (bicyclic) bond motifs is 5. The Bertz CT molecular complexity index is 470. The first kappa shape index (κ1) is 12.4. The van der Waals surface area contributed by atoms with Crippen LogP contribution in [0.3, 0.4) is 0 Å². The zero-order valence-corrected chi connectivity index (χ0v) is 13.1. The molecule has 0 amide bonds. The van der Waals surface area contributed by atoms with Gasteiger partial charge in [-0.2, -0.15) is 0 Å². The summed E-state index contributed by atoms with van der Waals surface area (Å²) in [4.78, 5) is 0. The first-order valence-electron chi connectivity index (χ1n) is 7.70. The van der Waals surface area contributed by atoms with Crippen molar-refractivity contribution in [3.8, 4) is 0 Å². The second kappa shape index (κ2) is 4.60. The van der Waals surface area contributed by atoms with E-state index in [1.807, 2.05) is 0 Å². The molecule has 0 aromatic heterocycles. The largest absolute Gasteiger partial charge is 0.316 e. The minimum absolute atomic E-state index is 0.678. The van der Waals surface area contributed by atoms with Crippen molar-refractivity contribution in [1.82, 2.24) is 5.32 Å². The Kier molecular flexibility index (Phi) is 3.00. The number of hydrogen-bond donors (Lipinski definition) is 1. The molecule has 3 aliphatic rings. The molecule has 1 aromatic rings. The Balaban J connectivity index is 1.50. The summed E-state index contributed by atoms with van der Waals surface area (Å²) in [5.41, 5.74) is 1.46. The highest BCUT2D eigenvalue weighted by Crippen LogP contribution is 2.70. The number of likely N-dealkylation sites (N-methyl/N-ethyl adjacent to an activating group) is 1. The number of nitrogens with one attached hydrogen (secondary N) is 1. The summed E-state index contributed by atoms with van der Waals surface area (Å²) in [6, 6.07) is 9.37. The van der Waals surface area contributed by atoms with Gasteiger partial charge in [0.15, 0.2) is 0 Å². The van der Waals surface area contributed by atoms with Crippen LogP contribution < -0.4 is 5.32 Å². The molecule has 4 rings (SSSR count). The minimum atomic E-state index is 0.678. The van der Waals surface area contributed by atoms with E-state index in [9.17, 15) is 0 Å². The second-order valence-electron chi connectivity index (χ2n) is 6.76. The highest BCUT2D eigenvalue weighted by Gasteiger charge is 2.66. The van der Waals surface area contributed by atoms with Crippen LogP contribution in [-0.2, 0) is 6.42 Å². The molecule has 1 aromatic carbocycles. The molecular formula is C17H22BrN. The van der Waals surface area contributed by atoms with Crippen molar-refractivity contribution in [2.75, 3.05) is 7.05 Å². The predicted molar refractivity (Wildman–Crippen MR) is 82.0 cm³/mol. The van der Waals surface area contributed by atoms with Crippen molar-refractivity contribution in [3.05, 3.63) is 34.3 Å². The molecule has 2 heteroatoms. The molecule has 0 aliphatic heterocycles. The summed E-state index contributed by atoms with van der Waals surface area (Å²) in [6.07, 6.45) is 5.77. The van der Waals surface area contributed by atoms with Crippen molar-refractivity contribution in [3.63, 3.8) is 0 Å². The van der Waals surface area contributed by atoms with Gasteiger partial charge in [-0.25, -0.2) is 0 Å². The molecule has 3 fully saturated rings. The van der Waals surface area contributed by atoms with Crippen LogP contribution >= 0.6 is 15.9 Å². The lowest BCUT2D eigenvalue weighted by atomic mass is 9.93. The van der Waals surface area contributed by atoms with Crippen molar-refractivity contribution >= 4 is 15.9 Å². The summed E-state index contributed by atoms with van der Waals surface area (Å²) in [5, 5.41) is 3.62. The van der Waals surface area contributed by atoms with Crippen LogP contribution in [-0.4, -0.2) is 13.1 Å². The Morgan fingerprint density at radius 2 is 1.89 bits per heavy atom. The predicted octanol–water partition coefficient (Wildman–Crippen LogP) is 3.87. The molecule has 5 unspecified atom stereocenters. The second-order valence-corrected chi connectivity index (χ2v) is 7.61. The average molecular weight is 320 g/mol. The Morgan fingerprint density at radius 3 is 2.53 bits per heavy atom. The standard InChI is InChI=1S/C17H22BrN/c1-19-14(9-10-4-2-3-5-13(10)18)17-15-11-6-7-12(8-11)16(15)17/h2-5,11-12,14-17,19H,6-9H2,1H3. The van der Waals surface area contributed by atoms with Gasteiger partial charge in [0.05, 0.1) is 0 Å². The van der Waals surface area contributed by atoms with Gasteiger partial charge in [0.1, 0.15) is 0 Å². The van der Waals surface area contributed by atoms with E-state index in [4.69, 9.17) is 0 Å². The molecule has 3 aliphatic carbocycles. The fraction of sp³-hybridized carbons (Fsp3) is 0.647. The van der Waals surface area contributed by atoms with E-state index in [2.05, 4.69) is 52.6 Å². The van der Waals surface area contributed by atoms with E-state index >= 15 is 0 Å². The van der Waals surface area contributed by atoms with E-state index in [1.54, 1.807) is 6.42 Å². The van der Waals surface area contributed by atoms with Crippen LogP contribution in [0.15, 0.2) is 28.7 Å². The molecule has 0 spiro atoms. The number of rotatable bonds is 4. The lowest BCUT2D eigenvalue weighted by molar-refractivity contribution is 0.376. The molecule has 1 nitrogen and oxygen atoms in total. The van der Waals surface area contributed by atoms with E-state index in [1.165, 1.54) is 29.3 Å². The van der Waals surface area contributed by atoms with Gasteiger partial charge in [0.2, 0.25) is 0 Å². The maximum Gasteiger partial charge on any atom is 0.0207 e. The number of hydrogen-bond acceptors (Lipinski definition) is 1. The quantitative estimate of drug-likeness (QED) is 0.888. The average Bonchev–Trinajstić information content (AvgIpc) is 2.85. The van der Waals surface area contributed by atoms with E-state index in [0.717, 1.165) is 29.6 Å². The SMILES string of the molecule is CNC(Cc1ccccc1Br)C1C2C3CCC(C3)C21. The van der Waals surface area contributed by atoms with Crippen LogP contribution in [0.1, 0.15) is 24.8 Å². The fourth-order valence-electron chi connectivity index (χ4n) is 5.26. The summed E-state index contributed by atoms with van der Waals surface area (Å²) in [5.74, 6) is 5.26. The van der Waals surface area contributed by atoms with Gasteiger partial charge < -0.3 is 5.32 Å². The first-order valence-corrected chi connectivity index (χ1v) is 8.49. The Labute approximate surface area is 124 Å². The topological polar surface area (TPSA) is 12.0 Å². The van der Waals surface area contributed by atoms with E-state index in [-0.39, 0.29) is 0 Å². The van der Waals surface area contributed by atoms with Crippen LogP contribution in [0.25, 0.3) is 0 Å². The van der Waals surface area contributed by atoms with E-state index in [0.29, 0.717) is 6.04 Å². The molecule has 3 saturated carbocycles. The summed E-state index contributed by atoms with van der Waals surface area (Å²) >= 11 is 3.69. The first-order chi connectivity index (χ1) is 9.29. The lowest BCUT2D eigenvalue weighted by Crippen LogP contribution is -2.32. The molecule has 102 valence electrons. The van der Waals surface area contributed by atoms with Crippen molar-refractivity contribution in [1.29, 1.82) is 0 Å². The fourth-order valence-corrected chi connectivity index (χ4v) is 5.71. The normalized spacial score (nSPS) is 40.2. The third-order valence-corrected chi connectivity index (χ3v) is 6.80. The summed E-state index contributed by atoms with van der Waals surface area (Å²) < 4.78 is 1.27. The van der Waals surface area contributed by atoms with Gasteiger partial charge in [0.25, 0.3) is 0 Å². The monoisotopic (exact) mass is 319 g/mol. The Hall–Kier alpha value is -0.340. The molecule has 2 bridgehead atoms. The van der Waals surface area contributed by atoms with E-state index < -0.39 is 0 Å². The summed E-state index contributed by atoms with van der Waals surface area (Å²) in [6.45, 7) is 0. The van der Waals surface area contributed by atoms with Gasteiger partial charge >= 0.3 is 0 Å². The molecular weight excluding hydrogens is 298 g/mol. The smallest absolute Gasteiger partial charge is 0.0207 e. The maximum atomic E-state index is 3.69. The van der Waals surface area contributed by atoms with Crippen LogP contribution in [0.2, 0.25) is 0 Å². The van der Waals surface area contributed by atoms with Gasteiger partial charge in [-0.1, -0.05) is 34.1 Å². The van der Waals surface area contributed by atoms with Crippen molar-refractivity contribution < 1.29 is 0 Å². The molecule has 0 radical (unpaired) electrons. The Morgan fingerprint density at radius 1 is 1.21 bits per heavy atom. The van der Waals surface area contributed by atoms with Crippen molar-refractivity contribution in [2.45, 2.75) is 31.7 Å². The van der Waals surface area contributed by atoms with Crippen LogP contribution in [0, 0.1) is 29.6 Å². The van der Waals surface area contributed by atoms with Crippen LogP contribution in [0.4, 0.5) is 0 Å². The highest BCUT2D eigenvalue weighted by molar-refractivity contribution is 9.10. The molecule has 1 N–H and O–H groups in total. The molecule has 0 saturated heterocycles. The summed E-state index contributed by atoms with van der Waals surface area (Å²) in [7, 11) is 2.15. The highest BCUT2D eigenvalue weighted by atomic mass is 79.9. The lowest BCUT2D eigenvalue weighted by Gasteiger charge is -2.20. The van der Waals surface area contributed by atoms with Gasteiger partial charge in [0, 0.05) is 10.5 Å². The van der Waals surface area contributed by atoms with Crippen molar-refractivity contribution in [2.24, 2.45) is 29.6 Å².